The van der Waals surface area contributed by atoms with Crippen LogP contribution in [0.3, 0.4) is 0 Å². The normalized spacial score (nSPS) is 16.8. The third kappa shape index (κ3) is 3.99. The highest BCUT2D eigenvalue weighted by atomic mass is 35.5. The van der Waals surface area contributed by atoms with Crippen LogP contribution in [0.2, 0.25) is 5.02 Å². The summed E-state index contributed by atoms with van der Waals surface area (Å²) in [6.45, 7) is 0.596. The van der Waals surface area contributed by atoms with Crippen LogP contribution < -0.4 is 5.32 Å². The van der Waals surface area contributed by atoms with Crippen molar-refractivity contribution >= 4 is 23.3 Å². The second-order valence-electron chi connectivity index (χ2n) is 6.61. The number of hydrogen-bond donors (Lipinski definition) is 1. The van der Waals surface area contributed by atoms with Gasteiger partial charge in [-0.3, -0.25) is 0 Å². The third-order valence-corrected chi connectivity index (χ3v) is 4.94. The molecule has 0 radical (unpaired) electrons. The number of carbonyl (C=O) groups is 1. The number of nitrogens with one attached hydrogen (secondary N) is 1. The molecule has 1 N–H and O–H groups in total. The second kappa shape index (κ2) is 7.98. The number of rotatable bonds is 3. The van der Waals surface area contributed by atoms with Crippen molar-refractivity contribution in [1.29, 1.82) is 0 Å². The van der Waals surface area contributed by atoms with Crippen LogP contribution in [-0.4, -0.2) is 27.6 Å². The molecule has 0 bridgehead atoms. The summed E-state index contributed by atoms with van der Waals surface area (Å²) >= 11 is 5.89. The van der Waals surface area contributed by atoms with Gasteiger partial charge in [-0.25, -0.2) is 9.18 Å². The van der Waals surface area contributed by atoms with E-state index in [1.54, 1.807) is 41.3 Å². The Morgan fingerprint density at radius 1 is 1.14 bits per heavy atom. The number of nitrogens with zero attached hydrogens (tertiary/aromatic N) is 3. The van der Waals surface area contributed by atoms with Gasteiger partial charge >= 0.3 is 6.03 Å². The number of aromatic nitrogens is 2. The Hall–Kier alpha value is -2.93. The van der Waals surface area contributed by atoms with Gasteiger partial charge in [0.1, 0.15) is 11.9 Å². The smallest absolute Gasteiger partial charge is 0.322 e. The first-order valence-electron chi connectivity index (χ1n) is 9.03. The Morgan fingerprint density at radius 3 is 2.64 bits per heavy atom. The van der Waals surface area contributed by atoms with Gasteiger partial charge < -0.3 is 14.7 Å². The van der Waals surface area contributed by atoms with Gasteiger partial charge in [0.15, 0.2) is 0 Å². The Balaban J connectivity index is 1.53. The Labute approximate surface area is 166 Å². The minimum Gasteiger partial charge on any atom is -0.337 e. The van der Waals surface area contributed by atoms with Crippen molar-refractivity contribution in [2.45, 2.75) is 25.3 Å². The summed E-state index contributed by atoms with van der Waals surface area (Å²) in [7, 11) is 0. The Kier molecular flexibility index (Phi) is 5.25. The van der Waals surface area contributed by atoms with Gasteiger partial charge in [-0.05, 0) is 67.8 Å². The molecule has 0 spiro atoms. The van der Waals surface area contributed by atoms with Gasteiger partial charge in [-0.1, -0.05) is 16.8 Å². The minimum absolute atomic E-state index is 0.228. The average molecular weight is 401 g/mol. The molecule has 4 rings (SSSR count). The molecule has 2 amide bonds. The molecule has 3 aromatic rings. The van der Waals surface area contributed by atoms with Crippen LogP contribution in [-0.2, 0) is 0 Å². The molecule has 2 aromatic carbocycles. The number of likely N-dealkylation sites (tertiary alicyclic amines) is 1. The summed E-state index contributed by atoms with van der Waals surface area (Å²) in [6.07, 6.45) is 2.60. The zero-order valence-corrected chi connectivity index (χ0v) is 15.7. The molecule has 28 heavy (non-hydrogen) atoms. The fourth-order valence-corrected chi connectivity index (χ4v) is 3.37. The highest BCUT2D eigenvalue weighted by molar-refractivity contribution is 6.30. The molecule has 0 saturated carbocycles. The number of anilines is 1. The van der Waals surface area contributed by atoms with E-state index in [0.717, 1.165) is 19.3 Å². The SMILES string of the molecule is O=C(Nc1ccc(Cl)cc1)N1CCCC[C@H]1c1nc(-c2ccc(F)cc2)no1. The highest BCUT2D eigenvalue weighted by Gasteiger charge is 2.32. The van der Waals surface area contributed by atoms with Crippen molar-refractivity contribution in [3.05, 3.63) is 65.3 Å². The maximum atomic E-state index is 13.1. The zero-order chi connectivity index (χ0) is 19.5. The number of halogens is 2. The summed E-state index contributed by atoms with van der Waals surface area (Å²) in [5, 5.41) is 7.48. The van der Waals surface area contributed by atoms with E-state index in [1.165, 1.54) is 12.1 Å². The van der Waals surface area contributed by atoms with E-state index >= 15 is 0 Å². The van der Waals surface area contributed by atoms with Crippen LogP contribution in [0.25, 0.3) is 11.4 Å². The van der Waals surface area contributed by atoms with Gasteiger partial charge in [0.25, 0.3) is 0 Å². The van der Waals surface area contributed by atoms with Crippen LogP contribution in [0.15, 0.2) is 53.1 Å². The van der Waals surface area contributed by atoms with E-state index in [1.807, 2.05) is 0 Å². The molecular formula is C20H18ClFN4O2. The molecule has 1 atom stereocenters. The molecule has 1 saturated heterocycles. The van der Waals surface area contributed by atoms with Crippen molar-refractivity contribution in [2.24, 2.45) is 0 Å². The van der Waals surface area contributed by atoms with Gasteiger partial charge in [0.05, 0.1) is 0 Å². The number of hydrogen-bond acceptors (Lipinski definition) is 4. The van der Waals surface area contributed by atoms with Crippen LogP contribution in [0.4, 0.5) is 14.9 Å². The minimum atomic E-state index is -0.329. The maximum absolute atomic E-state index is 13.1. The van der Waals surface area contributed by atoms with E-state index in [2.05, 4.69) is 15.5 Å². The lowest BCUT2D eigenvalue weighted by atomic mass is 10.0. The number of urea groups is 1. The number of piperidine rings is 1. The lowest BCUT2D eigenvalue weighted by Gasteiger charge is -2.33. The van der Waals surface area contributed by atoms with E-state index in [4.69, 9.17) is 16.1 Å². The Morgan fingerprint density at radius 2 is 1.89 bits per heavy atom. The van der Waals surface area contributed by atoms with Crippen molar-refractivity contribution < 1.29 is 13.7 Å². The molecule has 6 nitrogen and oxygen atoms in total. The fourth-order valence-electron chi connectivity index (χ4n) is 3.25. The van der Waals surface area contributed by atoms with Crippen molar-refractivity contribution in [3.8, 4) is 11.4 Å². The number of benzene rings is 2. The van der Waals surface area contributed by atoms with Crippen LogP contribution in [0.1, 0.15) is 31.2 Å². The van der Waals surface area contributed by atoms with Crippen LogP contribution in [0, 0.1) is 5.82 Å². The first-order valence-corrected chi connectivity index (χ1v) is 9.41. The van der Waals surface area contributed by atoms with Crippen molar-refractivity contribution in [2.75, 3.05) is 11.9 Å². The molecule has 2 heterocycles. The first-order chi connectivity index (χ1) is 13.6. The van der Waals surface area contributed by atoms with E-state index in [9.17, 15) is 9.18 Å². The van der Waals surface area contributed by atoms with Gasteiger partial charge in [0, 0.05) is 22.8 Å². The van der Waals surface area contributed by atoms with Crippen LogP contribution >= 0.6 is 11.6 Å². The van der Waals surface area contributed by atoms with Crippen molar-refractivity contribution in [3.63, 3.8) is 0 Å². The summed E-state index contributed by atoms with van der Waals surface area (Å²) in [6, 6.07) is 12.3. The lowest BCUT2D eigenvalue weighted by molar-refractivity contribution is 0.142. The molecule has 144 valence electrons. The molecule has 0 unspecified atom stereocenters. The predicted octanol–water partition coefficient (Wildman–Crippen LogP) is 5.29. The molecule has 1 fully saturated rings. The first kappa shape index (κ1) is 18.4. The topological polar surface area (TPSA) is 71.3 Å². The molecule has 8 heteroatoms. The van der Waals surface area contributed by atoms with Crippen LogP contribution in [0.5, 0.6) is 0 Å². The average Bonchev–Trinajstić information content (AvgIpc) is 3.20. The largest absolute Gasteiger partial charge is 0.337 e. The molecular weight excluding hydrogens is 383 g/mol. The molecule has 0 aliphatic carbocycles. The monoisotopic (exact) mass is 400 g/mol. The van der Waals surface area contributed by atoms with E-state index < -0.39 is 0 Å². The fraction of sp³-hybridized carbons (Fsp3) is 0.250. The van der Waals surface area contributed by atoms with Gasteiger partial charge in [0.2, 0.25) is 11.7 Å². The molecule has 1 aromatic heterocycles. The predicted molar refractivity (Wildman–Crippen MR) is 103 cm³/mol. The zero-order valence-electron chi connectivity index (χ0n) is 14.9. The third-order valence-electron chi connectivity index (χ3n) is 4.69. The lowest BCUT2D eigenvalue weighted by Crippen LogP contribution is -2.41. The summed E-state index contributed by atoms with van der Waals surface area (Å²) in [5.74, 6) is 0.425. The van der Waals surface area contributed by atoms with E-state index in [0.29, 0.717) is 34.5 Å². The second-order valence-corrected chi connectivity index (χ2v) is 7.04. The quantitative estimate of drug-likeness (QED) is 0.648. The Bertz CT molecular complexity index is 959. The summed E-state index contributed by atoms with van der Waals surface area (Å²) in [4.78, 5) is 19.0. The molecule has 1 aliphatic rings. The van der Waals surface area contributed by atoms with Gasteiger partial charge in [-0.15, -0.1) is 0 Å². The highest BCUT2D eigenvalue weighted by Crippen LogP contribution is 2.31. The molecule has 1 aliphatic heterocycles. The summed E-state index contributed by atoms with van der Waals surface area (Å²) in [5.41, 5.74) is 1.32. The van der Waals surface area contributed by atoms with Crippen molar-refractivity contribution in [1.82, 2.24) is 15.0 Å². The van der Waals surface area contributed by atoms with Gasteiger partial charge in [-0.2, -0.15) is 4.98 Å². The standard InChI is InChI=1S/C20H18ClFN4O2/c21-14-6-10-16(11-7-14)23-20(27)26-12-2-1-3-17(26)19-24-18(25-28-19)13-4-8-15(22)9-5-13/h4-11,17H,1-3,12H2,(H,23,27)/t17-/m0/s1. The number of carbonyl (C=O) groups excluding carboxylic acids is 1. The number of amides is 2. The maximum Gasteiger partial charge on any atom is 0.322 e. The van der Waals surface area contributed by atoms with E-state index in [-0.39, 0.29) is 17.9 Å². The summed E-state index contributed by atoms with van der Waals surface area (Å²) < 4.78 is 18.6.